The number of ether oxygens (including phenoxy) is 2. The fourth-order valence-corrected chi connectivity index (χ4v) is 3.78. The van der Waals surface area contributed by atoms with Crippen LogP contribution < -0.4 is 0 Å². The zero-order chi connectivity index (χ0) is 26.0. The van der Waals surface area contributed by atoms with Gasteiger partial charge in [0.15, 0.2) is 11.2 Å². The van der Waals surface area contributed by atoms with Crippen molar-refractivity contribution in [1.82, 2.24) is 0 Å². The molecule has 0 aliphatic carbocycles. The Hall–Kier alpha value is -1.48. The summed E-state index contributed by atoms with van der Waals surface area (Å²) < 4.78 is 12.9. The van der Waals surface area contributed by atoms with Crippen molar-refractivity contribution in [2.75, 3.05) is 21.3 Å². The highest BCUT2D eigenvalue weighted by Crippen LogP contribution is 2.27. The SMILES string of the molecule is BrCC#CC(C#CCBr)(CCC(C#CCBr)(C#CCBr)OCc1ccccc1)OCc1ccccc1. The van der Waals surface area contributed by atoms with Crippen LogP contribution in [0.1, 0.15) is 24.0 Å². The molecule has 2 aromatic rings. The van der Waals surface area contributed by atoms with Gasteiger partial charge in [0.05, 0.1) is 34.5 Å². The van der Waals surface area contributed by atoms with E-state index in [1.54, 1.807) is 0 Å². The number of benzene rings is 2. The van der Waals surface area contributed by atoms with E-state index in [1.165, 1.54) is 0 Å². The molecule has 2 nitrogen and oxygen atoms in total. The molecule has 0 atom stereocenters. The topological polar surface area (TPSA) is 18.5 Å². The number of alkyl halides is 4. The van der Waals surface area contributed by atoms with Crippen LogP contribution in [0, 0.1) is 47.4 Å². The molecule has 0 amide bonds. The average Bonchev–Trinajstić information content (AvgIpc) is 2.94. The molecule has 0 fully saturated rings. The second kappa shape index (κ2) is 17.9. The normalized spacial score (nSPS) is 10.4. The molecule has 0 N–H and O–H groups in total. The van der Waals surface area contributed by atoms with Gasteiger partial charge in [-0.25, -0.2) is 0 Å². The van der Waals surface area contributed by atoms with Crippen molar-refractivity contribution < 1.29 is 9.47 Å². The third-order valence-corrected chi connectivity index (χ3v) is 6.04. The van der Waals surface area contributed by atoms with E-state index in [-0.39, 0.29) is 0 Å². The summed E-state index contributed by atoms with van der Waals surface area (Å²) in [6, 6.07) is 20.0. The van der Waals surface area contributed by atoms with Crippen LogP contribution >= 0.6 is 63.7 Å². The Kier molecular flexibility index (Phi) is 15.3. The minimum Gasteiger partial charge on any atom is -0.346 e. The number of hydrogen-bond donors (Lipinski definition) is 0. The zero-order valence-corrected chi connectivity index (χ0v) is 26.1. The third-order valence-electron chi connectivity index (χ3n) is 4.91. The van der Waals surface area contributed by atoms with Crippen molar-refractivity contribution in [3.8, 4) is 47.4 Å². The maximum absolute atomic E-state index is 6.43. The summed E-state index contributed by atoms with van der Waals surface area (Å²) in [7, 11) is 0. The Morgan fingerprint density at radius 1 is 0.500 bits per heavy atom. The van der Waals surface area contributed by atoms with Gasteiger partial charge in [-0.2, -0.15) is 0 Å². The molecule has 36 heavy (non-hydrogen) atoms. The Labute approximate surface area is 249 Å². The summed E-state index contributed by atoms with van der Waals surface area (Å²) >= 11 is 13.6. The van der Waals surface area contributed by atoms with Crippen molar-refractivity contribution in [1.29, 1.82) is 0 Å². The van der Waals surface area contributed by atoms with E-state index in [0.717, 1.165) is 11.1 Å². The molecule has 0 saturated heterocycles. The van der Waals surface area contributed by atoms with E-state index < -0.39 is 11.2 Å². The maximum atomic E-state index is 6.43. The smallest absolute Gasteiger partial charge is 0.190 e. The summed E-state index contributed by atoms with van der Waals surface area (Å²) in [4.78, 5) is 0. The van der Waals surface area contributed by atoms with Crippen LogP contribution in [-0.4, -0.2) is 32.5 Å². The third kappa shape index (κ3) is 11.3. The standard InChI is InChI=1S/C30H26Br4O2/c31-21-7-15-29(16-8-22-32,35-25-27-11-3-1-4-12-27)19-20-30(17-9-23-33,18-10-24-34)36-26-28-13-5-2-6-14-28/h1-6,11-14H,19-26H2. The molecule has 6 heteroatoms. The van der Waals surface area contributed by atoms with Gasteiger partial charge < -0.3 is 9.47 Å². The number of halogens is 4. The summed E-state index contributed by atoms with van der Waals surface area (Å²) in [6.07, 6.45) is 0.922. The molecule has 0 spiro atoms. The van der Waals surface area contributed by atoms with Gasteiger partial charge in [0.1, 0.15) is 0 Å². The lowest BCUT2D eigenvalue weighted by Crippen LogP contribution is -2.36. The fraction of sp³-hybridized carbons (Fsp3) is 0.333. The first-order valence-corrected chi connectivity index (χ1v) is 15.7. The zero-order valence-electron chi connectivity index (χ0n) is 19.8. The minimum absolute atomic E-state index is 0.382. The quantitative estimate of drug-likeness (QED) is 0.199. The van der Waals surface area contributed by atoms with Gasteiger partial charge in [0.2, 0.25) is 0 Å². The highest BCUT2D eigenvalue weighted by molar-refractivity contribution is 9.09. The van der Waals surface area contributed by atoms with E-state index in [1.807, 2.05) is 60.7 Å². The van der Waals surface area contributed by atoms with E-state index in [9.17, 15) is 0 Å². The van der Waals surface area contributed by atoms with Gasteiger partial charge in [0.25, 0.3) is 0 Å². The van der Waals surface area contributed by atoms with Gasteiger partial charge in [-0.15, -0.1) is 0 Å². The maximum Gasteiger partial charge on any atom is 0.190 e. The fourth-order valence-electron chi connectivity index (χ4n) is 3.22. The van der Waals surface area contributed by atoms with Gasteiger partial charge in [-0.05, 0) is 11.1 Å². The van der Waals surface area contributed by atoms with Crippen LogP contribution in [-0.2, 0) is 22.7 Å². The van der Waals surface area contributed by atoms with E-state index in [0.29, 0.717) is 47.4 Å². The predicted octanol–water partition coefficient (Wildman–Crippen LogP) is 7.27. The summed E-state index contributed by atoms with van der Waals surface area (Å²) in [5.41, 5.74) is 0.0799. The van der Waals surface area contributed by atoms with E-state index >= 15 is 0 Å². The Bertz CT molecular complexity index is 1030. The monoisotopic (exact) mass is 734 g/mol. The second-order valence-corrected chi connectivity index (χ2v) is 9.69. The van der Waals surface area contributed by atoms with Gasteiger partial charge in [-0.1, -0.05) is 172 Å². The molecule has 186 valence electrons. The molecule has 0 unspecified atom stereocenters. The van der Waals surface area contributed by atoms with Crippen LogP contribution in [0.15, 0.2) is 60.7 Å². The van der Waals surface area contributed by atoms with Gasteiger partial charge in [0, 0.05) is 12.8 Å². The molecule has 0 saturated carbocycles. The van der Waals surface area contributed by atoms with Crippen LogP contribution in [0.2, 0.25) is 0 Å². The van der Waals surface area contributed by atoms with Crippen LogP contribution in [0.3, 0.4) is 0 Å². The molecule has 2 rings (SSSR count). The first kappa shape index (κ1) is 30.7. The van der Waals surface area contributed by atoms with Crippen LogP contribution in [0.5, 0.6) is 0 Å². The lowest BCUT2D eigenvalue weighted by atomic mass is 9.89. The first-order chi connectivity index (χ1) is 17.6. The predicted molar refractivity (Wildman–Crippen MR) is 163 cm³/mol. The molecule has 0 aliphatic heterocycles. The van der Waals surface area contributed by atoms with Crippen LogP contribution in [0.25, 0.3) is 0 Å². The largest absolute Gasteiger partial charge is 0.346 e. The number of rotatable bonds is 9. The summed E-state index contributed by atoms with van der Waals surface area (Å²) in [5, 5.41) is 2.06. The van der Waals surface area contributed by atoms with Crippen molar-refractivity contribution in [3.63, 3.8) is 0 Å². The molecular formula is C30H26Br4O2. The van der Waals surface area contributed by atoms with Crippen molar-refractivity contribution in [2.24, 2.45) is 0 Å². The van der Waals surface area contributed by atoms with Gasteiger partial charge >= 0.3 is 0 Å². The lowest BCUT2D eigenvalue weighted by Gasteiger charge is -2.29. The molecule has 0 radical (unpaired) electrons. The number of hydrogen-bond acceptors (Lipinski definition) is 2. The molecule has 2 aromatic carbocycles. The summed E-state index contributed by atoms with van der Waals surface area (Å²) in [6.45, 7) is 0.763. The van der Waals surface area contributed by atoms with Crippen molar-refractivity contribution >= 4 is 63.7 Å². The minimum atomic E-state index is -1.01. The Morgan fingerprint density at radius 2 is 0.806 bits per heavy atom. The second-order valence-electron chi connectivity index (χ2n) is 7.44. The molecule has 0 aliphatic rings. The van der Waals surface area contributed by atoms with E-state index in [4.69, 9.17) is 9.47 Å². The first-order valence-electron chi connectivity index (χ1n) is 11.2. The Balaban J connectivity index is 2.41. The molecule has 0 heterocycles. The van der Waals surface area contributed by atoms with E-state index in [2.05, 4.69) is 111 Å². The molecule has 0 bridgehead atoms. The summed E-state index contributed by atoms with van der Waals surface area (Å²) in [5.74, 6) is 25.5. The average molecular weight is 738 g/mol. The van der Waals surface area contributed by atoms with Crippen molar-refractivity contribution in [2.45, 2.75) is 37.3 Å². The van der Waals surface area contributed by atoms with Crippen molar-refractivity contribution in [3.05, 3.63) is 71.8 Å². The van der Waals surface area contributed by atoms with Crippen LogP contribution in [0.4, 0.5) is 0 Å². The highest BCUT2D eigenvalue weighted by atomic mass is 79.9. The lowest BCUT2D eigenvalue weighted by molar-refractivity contribution is -0.0135. The Morgan fingerprint density at radius 3 is 1.08 bits per heavy atom. The highest BCUT2D eigenvalue weighted by Gasteiger charge is 2.34. The molecule has 0 aromatic heterocycles. The molecular weight excluding hydrogens is 712 g/mol. The van der Waals surface area contributed by atoms with Gasteiger partial charge in [-0.3, -0.25) is 0 Å².